The van der Waals surface area contributed by atoms with Crippen molar-refractivity contribution in [1.29, 1.82) is 0 Å². The Morgan fingerprint density at radius 3 is 1.44 bits per heavy atom. The van der Waals surface area contributed by atoms with Crippen molar-refractivity contribution in [3.8, 4) is 0 Å². The van der Waals surface area contributed by atoms with Gasteiger partial charge in [0.2, 0.25) is 27.2 Å². The van der Waals surface area contributed by atoms with Crippen LogP contribution in [-0.4, -0.2) is 161 Å². The van der Waals surface area contributed by atoms with Crippen molar-refractivity contribution in [2.45, 2.75) is 170 Å². The van der Waals surface area contributed by atoms with Crippen LogP contribution in [0, 0.1) is 11.8 Å². The number of aliphatic hydroxyl groups excluding tert-OH is 3. The Balaban J connectivity index is 0.000000739. The van der Waals surface area contributed by atoms with Crippen LogP contribution in [0.1, 0.15) is 95.1 Å². The van der Waals surface area contributed by atoms with E-state index < -0.39 is 141 Å². The molecule has 434 valence electrons. The second-order valence-corrected chi connectivity index (χ2v) is 21.3. The molecule has 3 rings (SSSR count). The van der Waals surface area contributed by atoms with Crippen LogP contribution in [-0.2, 0) is 95.4 Å². The van der Waals surface area contributed by atoms with Crippen LogP contribution in [0.5, 0.6) is 0 Å². The number of benzene rings is 1. The van der Waals surface area contributed by atoms with E-state index in [0.717, 1.165) is 11.4 Å². The minimum Gasteiger partial charge on any atom is -0.432 e. The quantitative estimate of drug-likeness (QED) is 0.0341. The molecule has 2 saturated heterocycles. The highest BCUT2D eigenvalue weighted by molar-refractivity contribution is 7.57. The van der Waals surface area contributed by atoms with Gasteiger partial charge in [0.1, 0.15) is 24.4 Å². The molecular formula is C47H80O26P2. The van der Waals surface area contributed by atoms with Crippen molar-refractivity contribution in [3.63, 3.8) is 0 Å². The maximum Gasteiger partial charge on any atom is 0.510 e. The smallest absolute Gasteiger partial charge is 0.432 e. The predicted octanol–water partition coefficient (Wildman–Crippen LogP) is 8.11. The zero-order valence-electron chi connectivity index (χ0n) is 45.2. The molecule has 0 saturated carbocycles. The van der Waals surface area contributed by atoms with Crippen LogP contribution < -0.4 is 0 Å². The topological polar surface area (TPSA) is 320 Å². The lowest BCUT2D eigenvalue weighted by atomic mass is 9.83. The number of hydrogen-bond donors (Lipinski definition) is 3. The third-order valence-electron chi connectivity index (χ3n) is 9.99. The first-order chi connectivity index (χ1) is 35.3. The summed E-state index contributed by atoms with van der Waals surface area (Å²) in [6.45, 7) is 18.2. The molecule has 3 N–H and O–H groups in total. The summed E-state index contributed by atoms with van der Waals surface area (Å²) in [5, 5.41) is 29.9. The fourth-order valence-corrected chi connectivity index (χ4v) is 8.59. The molecule has 2 heterocycles. The van der Waals surface area contributed by atoms with E-state index >= 15 is 0 Å². The molecule has 0 aliphatic carbocycles. The van der Waals surface area contributed by atoms with Crippen LogP contribution >= 0.6 is 15.2 Å². The van der Waals surface area contributed by atoms with Gasteiger partial charge in [-0.1, -0.05) is 58.0 Å². The summed E-state index contributed by atoms with van der Waals surface area (Å²) in [4.78, 5) is 46.3. The lowest BCUT2D eigenvalue weighted by Crippen LogP contribution is -2.58. The molecule has 1 aromatic rings. The molecule has 2 fully saturated rings. The zero-order chi connectivity index (χ0) is 56.9. The molecule has 0 spiro atoms. The van der Waals surface area contributed by atoms with Crippen LogP contribution in [0.2, 0.25) is 0 Å². The van der Waals surface area contributed by atoms with Gasteiger partial charge in [-0.3, -0.25) is 27.2 Å². The summed E-state index contributed by atoms with van der Waals surface area (Å²) >= 11 is 0. The van der Waals surface area contributed by atoms with Crippen LogP contribution in [0.3, 0.4) is 0 Å². The standard InChI is InChI=1S/C27H41O12P.C18H33O14P.C2H6/c1-18(2)37-26(28)33-16-35-40(30,36-17-34-27(29)38-19(3)4)14-13-23-20(5)21(6)24(25(31-7)39-23)32-15-22-11-9-8-10-12-22;1-10(2)30-17(22)26-8-28-33(24,29-9-27-18(23)31-11(3)4)7-6-12-13(19)14(20)15(21)16(25-5)32-12;1-2/h8-14,18-21,23-25H,15-17H2,1-7H3;10-16,19-21H,6-9H2,1-5H3;1-2H3/b14-13+;;. The van der Waals surface area contributed by atoms with Crippen molar-refractivity contribution in [3.05, 3.63) is 47.8 Å². The monoisotopic (exact) mass is 1120 g/mol. The largest absolute Gasteiger partial charge is 0.510 e. The highest BCUT2D eigenvalue weighted by atomic mass is 31.2. The van der Waals surface area contributed by atoms with Crippen molar-refractivity contribution in [1.82, 2.24) is 0 Å². The molecule has 0 aromatic heterocycles. The van der Waals surface area contributed by atoms with E-state index in [1.807, 2.05) is 58.0 Å². The molecular weight excluding hydrogens is 1040 g/mol. The van der Waals surface area contributed by atoms with Gasteiger partial charge in [-0.05, 0) is 85.3 Å². The fourth-order valence-electron chi connectivity index (χ4n) is 6.24. The van der Waals surface area contributed by atoms with Gasteiger partial charge >= 0.3 is 39.8 Å². The Hall–Kier alpha value is -3.98. The molecule has 2 aliphatic rings. The first-order valence-corrected chi connectivity index (χ1v) is 27.5. The first kappa shape index (κ1) is 69.0. The molecule has 26 nitrogen and oxygen atoms in total. The Morgan fingerprint density at radius 1 is 0.600 bits per heavy atom. The van der Waals surface area contributed by atoms with Gasteiger partial charge in [0.25, 0.3) is 0 Å². The van der Waals surface area contributed by atoms with Crippen LogP contribution in [0.15, 0.2) is 42.2 Å². The Labute approximate surface area is 439 Å². The minimum absolute atomic E-state index is 0.0124. The van der Waals surface area contributed by atoms with Gasteiger partial charge < -0.3 is 76.9 Å². The summed E-state index contributed by atoms with van der Waals surface area (Å²) < 4.78 is 113. The maximum atomic E-state index is 13.4. The summed E-state index contributed by atoms with van der Waals surface area (Å²) in [5.74, 6) is 1.06. The average molecular weight is 1120 g/mol. The zero-order valence-corrected chi connectivity index (χ0v) is 47.0. The second-order valence-electron chi connectivity index (χ2n) is 17.2. The highest BCUT2D eigenvalue weighted by Gasteiger charge is 2.45. The van der Waals surface area contributed by atoms with E-state index in [0.29, 0.717) is 6.61 Å². The molecule has 75 heavy (non-hydrogen) atoms. The van der Waals surface area contributed by atoms with Crippen molar-refractivity contribution in [2.75, 3.05) is 47.6 Å². The molecule has 0 amide bonds. The number of methoxy groups -OCH3 is 2. The van der Waals surface area contributed by atoms with E-state index in [1.165, 1.54) is 20.3 Å². The minimum atomic E-state index is -4.11. The van der Waals surface area contributed by atoms with E-state index in [-0.39, 0.29) is 24.4 Å². The highest BCUT2D eigenvalue weighted by Crippen LogP contribution is 2.51. The Bertz CT molecular complexity index is 1830. The van der Waals surface area contributed by atoms with Gasteiger partial charge in [-0.15, -0.1) is 0 Å². The second kappa shape index (κ2) is 36.2. The maximum absolute atomic E-state index is 13.4. The molecule has 0 radical (unpaired) electrons. The van der Waals surface area contributed by atoms with Gasteiger partial charge in [-0.2, -0.15) is 0 Å². The van der Waals surface area contributed by atoms with E-state index in [9.17, 15) is 43.6 Å². The predicted molar refractivity (Wildman–Crippen MR) is 263 cm³/mol. The number of aliphatic hydroxyl groups is 3. The Morgan fingerprint density at radius 2 is 1.03 bits per heavy atom. The van der Waals surface area contributed by atoms with Crippen molar-refractivity contribution in [2.24, 2.45) is 11.8 Å². The number of carbonyl (C=O) groups excluding carboxylic acids is 4. The summed E-state index contributed by atoms with van der Waals surface area (Å²) in [6.07, 6.45) is -13.6. The molecule has 2 aliphatic heterocycles. The van der Waals surface area contributed by atoms with Gasteiger partial charge in [0.05, 0.1) is 49.4 Å². The number of rotatable bonds is 26. The van der Waals surface area contributed by atoms with Crippen molar-refractivity contribution >= 4 is 39.8 Å². The van der Waals surface area contributed by atoms with Crippen LogP contribution in [0.4, 0.5) is 19.2 Å². The number of carbonyl (C=O) groups is 4. The van der Waals surface area contributed by atoms with E-state index in [2.05, 4.69) is 9.47 Å². The SMILES string of the molecule is CC.COC1OC(/C=C/P(=O)(OCOC(=O)OC(C)C)OCOC(=O)OC(C)C)C(C)C(C)C1OCc1ccccc1.COC1OC(CCP(=O)(OCOC(=O)OC(C)C)OCOC(=O)OC(C)C)C(O)C(O)C1O. The first-order valence-electron chi connectivity index (χ1n) is 24.2. The molecule has 28 heteroatoms. The lowest BCUT2D eigenvalue weighted by Gasteiger charge is -2.43. The third kappa shape index (κ3) is 27.3. The Kier molecular flexibility index (Phi) is 33.3. The molecule has 10 unspecified atom stereocenters. The van der Waals surface area contributed by atoms with Gasteiger partial charge in [0.15, 0.2) is 12.6 Å². The normalized spacial score (nSPS) is 23.9. The van der Waals surface area contributed by atoms with Gasteiger partial charge in [-0.25, -0.2) is 19.2 Å². The molecule has 10 atom stereocenters. The summed E-state index contributed by atoms with van der Waals surface area (Å²) in [7, 11) is -5.46. The summed E-state index contributed by atoms with van der Waals surface area (Å²) in [5.41, 5.74) is 1.02. The molecule has 1 aromatic carbocycles. The van der Waals surface area contributed by atoms with Gasteiger partial charge in [0, 0.05) is 20.0 Å². The van der Waals surface area contributed by atoms with E-state index in [4.69, 9.17) is 70.2 Å². The summed E-state index contributed by atoms with van der Waals surface area (Å²) in [6, 6.07) is 9.76. The van der Waals surface area contributed by atoms with Crippen molar-refractivity contribution < 1.29 is 123 Å². The average Bonchev–Trinajstić information content (AvgIpc) is 3.33. The fraction of sp³-hybridized carbons (Fsp3) is 0.745. The van der Waals surface area contributed by atoms with Crippen LogP contribution in [0.25, 0.3) is 0 Å². The lowest BCUT2D eigenvalue weighted by molar-refractivity contribution is -0.290. The third-order valence-corrected chi connectivity index (χ3v) is 13.3. The molecule has 0 bridgehead atoms. The van der Waals surface area contributed by atoms with E-state index in [1.54, 1.807) is 55.4 Å². The number of ether oxygens (including phenoxy) is 13. The number of hydrogen-bond acceptors (Lipinski definition) is 26.